The molecule has 8 heteroatoms. The van der Waals surface area contributed by atoms with Gasteiger partial charge in [0.25, 0.3) is 5.91 Å². The number of aromatic nitrogens is 1. The molecule has 0 bridgehead atoms. The SMILES string of the molecule is Cc1cc2sc(=NC(=O)c3cccc(Cl)c3)n(C(C)C(=O)O)c2cc1F. The molecule has 26 heavy (non-hydrogen) atoms. The van der Waals surface area contributed by atoms with E-state index in [0.717, 1.165) is 11.3 Å². The summed E-state index contributed by atoms with van der Waals surface area (Å²) >= 11 is 7.03. The van der Waals surface area contributed by atoms with Gasteiger partial charge in [0.15, 0.2) is 4.80 Å². The smallest absolute Gasteiger partial charge is 0.326 e. The minimum atomic E-state index is -1.11. The maximum Gasteiger partial charge on any atom is 0.326 e. The van der Waals surface area contributed by atoms with E-state index >= 15 is 0 Å². The molecule has 1 amide bonds. The zero-order chi connectivity index (χ0) is 19.0. The van der Waals surface area contributed by atoms with E-state index in [-0.39, 0.29) is 10.4 Å². The standard InChI is InChI=1S/C18H14ClFN2O3S/c1-9-6-15-14(8-13(9)20)22(10(2)17(24)25)18(26-15)21-16(23)11-4-3-5-12(19)7-11/h3-8,10H,1-2H3,(H,24,25). The van der Waals surface area contributed by atoms with Crippen LogP contribution < -0.4 is 4.80 Å². The summed E-state index contributed by atoms with van der Waals surface area (Å²) < 4.78 is 16.0. The molecule has 1 atom stereocenters. The molecule has 3 aromatic rings. The molecule has 0 radical (unpaired) electrons. The van der Waals surface area contributed by atoms with Crippen molar-refractivity contribution in [3.8, 4) is 0 Å². The molecule has 134 valence electrons. The molecular formula is C18H14ClFN2O3S. The van der Waals surface area contributed by atoms with Gasteiger partial charge in [-0.1, -0.05) is 29.0 Å². The number of carbonyl (C=O) groups excluding carboxylic acids is 1. The molecule has 0 saturated carbocycles. The van der Waals surface area contributed by atoms with Crippen LogP contribution in [0.25, 0.3) is 10.2 Å². The van der Waals surface area contributed by atoms with Crippen molar-refractivity contribution in [2.75, 3.05) is 0 Å². The fraction of sp³-hybridized carbons (Fsp3) is 0.167. The van der Waals surface area contributed by atoms with Crippen LogP contribution in [0.2, 0.25) is 5.02 Å². The molecule has 0 aliphatic carbocycles. The minimum Gasteiger partial charge on any atom is -0.480 e. The van der Waals surface area contributed by atoms with Crippen LogP contribution in [-0.2, 0) is 4.79 Å². The van der Waals surface area contributed by atoms with Gasteiger partial charge in [-0.15, -0.1) is 0 Å². The van der Waals surface area contributed by atoms with E-state index in [0.29, 0.717) is 20.8 Å². The zero-order valence-electron chi connectivity index (χ0n) is 13.9. The van der Waals surface area contributed by atoms with E-state index in [2.05, 4.69) is 4.99 Å². The Bertz CT molecular complexity index is 1100. The maximum atomic E-state index is 14.0. The van der Waals surface area contributed by atoms with Gasteiger partial charge in [0.2, 0.25) is 0 Å². The number of aliphatic carboxylic acids is 1. The number of fused-ring (bicyclic) bond motifs is 1. The van der Waals surface area contributed by atoms with Crippen LogP contribution >= 0.6 is 22.9 Å². The number of hydrogen-bond acceptors (Lipinski definition) is 3. The first kappa shape index (κ1) is 18.3. The number of amides is 1. The second kappa shape index (κ2) is 7.01. The van der Waals surface area contributed by atoms with Crippen LogP contribution in [-0.4, -0.2) is 21.6 Å². The maximum absolute atomic E-state index is 14.0. The molecule has 0 fully saturated rings. The molecular weight excluding hydrogens is 379 g/mol. The molecule has 0 aliphatic rings. The van der Waals surface area contributed by atoms with Crippen molar-refractivity contribution >= 4 is 45.0 Å². The summed E-state index contributed by atoms with van der Waals surface area (Å²) in [5.41, 5.74) is 1.10. The number of aryl methyl sites for hydroxylation is 1. The zero-order valence-corrected chi connectivity index (χ0v) is 15.4. The number of hydrogen-bond donors (Lipinski definition) is 1. The number of halogens is 2. The van der Waals surface area contributed by atoms with Gasteiger partial charge in [0, 0.05) is 10.6 Å². The highest BCUT2D eigenvalue weighted by molar-refractivity contribution is 7.16. The van der Waals surface area contributed by atoms with Crippen LogP contribution in [0.1, 0.15) is 28.9 Å². The van der Waals surface area contributed by atoms with E-state index in [9.17, 15) is 19.1 Å². The van der Waals surface area contributed by atoms with E-state index in [1.807, 2.05) is 0 Å². The quantitative estimate of drug-likeness (QED) is 0.726. The summed E-state index contributed by atoms with van der Waals surface area (Å²) in [5.74, 6) is -2.11. The Hall–Kier alpha value is -2.51. The summed E-state index contributed by atoms with van der Waals surface area (Å²) in [7, 11) is 0. The van der Waals surface area contributed by atoms with Crippen molar-refractivity contribution in [3.05, 3.63) is 63.2 Å². The number of carboxylic acid groups (broad SMARTS) is 1. The number of carbonyl (C=O) groups is 2. The third-order valence-corrected chi connectivity index (χ3v) is 5.17. The number of carboxylic acids is 1. The van der Waals surface area contributed by atoms with Gasteiger partial charge in [-0.25, -0.2) is 9.18 Å². The van der Waals surface area contributed by atoms with E-state index in [1.54, 1.807) is 31.2 Å². The first-order chi connectivity index (χ1) is 12.3. The number of thiazole rings is 1. The van der Waals surface area contributed by atoms with Crippen LogP contribution in [0.5, 0.6) is 0 Å². The van der Waals surface area contributed by atoms with E-state index in [1.165, 1.54) is 23.6 Å². The Morgan fingerprint density at radius 3 is 2.69 bits per heavy atom. The van der Waals surface area contributed by atoms with Gasteiger partial charge in [-0.3, -0.25) is 4.79 Å². The van der Waals surface area contributed by atoms with Crippen molar-refractivity contribution in [1.82, 2.24) is 4.57 Å². The number of benzene rings is 2. The normalized spacial score (nSPS) is 13.2. The van der Waals surface area contributed by atoms with Crippen molar-refractivity contribution in [1.29, 1.82) is 0 Å². The molecule has 1 N–H and O–H groups in total. The average molecular weight is 393 g/mol. The van der Waals surface area contributed by atoms with E-state index < -0.39 is 23.7 Å². The summed E-state index contributed by atoms with van der Waals surface area (Å²) in [4.78, 5) is 28.2. The molecule has 3 rings (SSSR count). The third-order valence-electron chi connectivity index (χ3n) is 3.92. The van der Waals surface area contributed by atoms with Gasteiger partial charge < -0.3 is 9.67 Å². The number of rotatable bonds is 3. The molecule has 1 aromatic heterocycles. The predicted molar refractivity (Wildman–Crippen MR) is 98.2 cm³/mol. The minimum absolute atomic E-state index is 0.185. The van der Waals surface area contributed by atoms with Crippen LogP contribution in [0, 0.1) is 12.7 Å². The molecule has 2 aromatic carbocycles. The van der Waals surface area contributed by atoms with Crippen molar-refractivity contribution in [3.63, 3.8) is 0 Å². The Kier molecular flexibility index (Phi) is 4.93. The van der Waals surface area contributed by atoms with Gasteiger partial charge in [-0.2, -0.15) is 4.99 Å². The highest BCUT2D eigenvalue weighted by Gasteiger charge is 2.20. The Morgan fingerprint density at radius 1 is 1.31 bits per heavy atom. The molecule has 1 unspecified atom stereocenters. The van der Waals surface area contributed by atoms with Crippen molar-refractivity contribution in [2.45, 2.75) is 19.9 Å². The third kappa shape index (κ3) is 3.40. The van der Waals surface area contributed by atoms with Gasteiger partial charge >= 0.3 is 5.97 Å². The largest absolute Gasteiger partial charge is 0.480 e. The van der Waals surface area contributed by atoms with Gasteiger partial charge in [0.1, 0.15) is 11.9 Å². The van der Waals surface area contributed by atoms with Crippen molar-refractivity contribution in [2.24, 2.45) is 4.99 Å². The van der Waals surface area contributed by atoms with Crippen LogP contribution in [0.3, 0.4) is 0 Å². The monoisotopic (exact) mass is 392 g/mol. The Balaban J connectivity index is 2.25. The van der Waals surface area contributed by atoms with Crippen LogP contribution in [0.15, 0.2) is 41.4 Å². The number of nitrogens with zero attached hydrogens (tertiary/aromatic N) is 2. The second-order valence-corrected chi connectivity index (χ2v) is 7.21. The lowest BCUT2D eigenvalue weighted by molar-refractivity contribution is -0.140. The van der Waals surface area contributed by atoms with Crippen molar-refractivity contribution < 1.29 is 19.1 Å². The molecule has 1 heterocycles. The molecule has 0 aliphatic heterocycles. The highest BCUT2D eigenvalue weighted by atomic mass is 35.5. The summed E-state index contributed by atoms with van der Waals surface area (Å²) in [6.07, 6.45) is 0. The summed E-state index contributed by atoms with van der Waals surface area (Å²) in [5, 5.41) is 9.79. The topological polar surface area (TPSA) is 71.7 Å². The predicted octanol–water partition coefficient (Wildman–Crippen LogP) is 4.19. The molecule has 0 spiro atoms. The second-order valence-electron chi connectivity index (χ2n) is 5.77. The summed E-state index contributed by atoms with van der Waals surface area (Å²) in [6.45, 7) is 3.07. The lowest BCUT2D eigenvalue weighted by atomic mass is 10.2. The highest BCUT2D eigenvalue weighted by Crippen LogP contribution is 2.24. The molecule has 0 saturated heterocycles. The summed E-state index contributed by atoms with van der Waals surface area (Å²) in [6, 6.07) is 8.18. The van der Waals surface area contributed by atoms with Crippen LogP contribution in [0.4, 0.5) is 4.39 Å². The lowest BCUT2D eigenvalue weighted by Crippen LogP contribution is -2.25. The lowest BCUT2D eigenvalue weighted by Gasteiger charge is -2.10. The fourth-order valence-electron chi connectivity index (χ4n) is 2.50. The first-order valence-electron chi connectivity index (χ1n) is 7.66. The first-order valence-corrected chi connectivity index (χ1v) is 8.86. The Morgan fingerprint density at radius 2 is 2.04 bits per heavy atom. The van der Waals surface area contributed by atoms with E-state index in [4.69, 9.17) is 11.6 Å². The fourth-order valence-corrected chi connectivity index (χ4v) is 3.87. The molecule has 5 nitrogen and oxygen atoms in total. The Labute approximate surface area is 157 Å². The van der Waals surface area contributed by atoms with Gasteiger partial charge in [-0.05, 0) is 49.7 Å². The van der Waals surface area contributed by atoms with Gasteiger partial charge in [0.05, 0.1) is 10.2 Å². The average Bonchev–Trinajstić information content (AvgIpc) is 2.91.